The van der Waals surface area contributed by atoms with Crippen molar-refractivity contribution in [1.29, 1.82) is 0 Å². The van der Waals surface area contributed by atoms with Crippen LogP contribution in [0.25, 0.3) is 22.0 Å². The highest BCUT2D eigenvalue weighted by Crippen LogP contribution is 2.29. The van der Waals surface area contributed by atoms with Crippen molar-refractivity contribution in [2.45, 2.75) is 24.7 Å². The molecule has 7 nitrogen and oxygen atoms in total. The minimum atomic E-state index is -1.29. The lowest BCUT2D eigenvalue weighted by atomic mass is 9.97. The van der Waals surface area contributed by atoms with Gasteiger partial charge in [0, 0.05) is 68.4 Å². The summed E-state index contributed by atoms with van der Waals surface area (Å²) in [5, 5.41) is 1.15. The van der Waals surface area contributed by atoms with Crippen LogP contribution in [0.3, 0.4) is 0 Å². The van der Waals surface area contributed by atoms with E-state index in [-0.39, 0.29) is 11.8 Å². The van der Waals surface area contributed by atoms with Gasteiger partial charge in [-0.3, -0.25) is 14.8 Å². The van der Waals surface area contributed by atoms with Crippen LogP contribution in [0.15, 0.2) is 84.0 Å². The molecule has 6 rings (SSSR count). The summed E-state index contributed by atoms with van der Waals surface area (Å²) >= 11 is 0. The summed E-state index contributed by atoms with van der Waals surface area (Å²) in [5.41, 5.74) is 5.28. The molecule has 0 saturated carbocycles. The number of amides is 1. The summed E-state index contributed by atoms with van der Waals surface area (Å²) in [6.07, 6.45) is 5.30. The number of fused-ring (bicyclic) bond motifs is 1. The molecule has 4 heterocycles. The molecule has 2 fully saturated rings. The first-order chi connectivity index (χ1) is 19.1. The molecule has 0 aliphatic carbocycles. The van der Waals surface area contributed by atoms with E-state index in [9.17, 15) is 9.00 Å². The maximum Gasteiger partial charge on any atom is 0.227 e. The van der Waals surface area contributed by atoms with Crippen molar-refractivity contribution in [3.8, 4) is 11.1 Å². The molecular weight excluding hydrogens is 506 g/mol. The van der Waals surface area contributed by atoms with E-state index < -0.39 is 11.0 Å². The number of piperazine rings is 1. The van der Waals surface area contributed by atoms with Crippen LogP contribution in [-0.4, -0.2) is 68.6 Å². The fourth-order valence-electron chi connectivity index (χ4n) is 5.71. The predicted octanol–water partition coefficient (Wildman–Crippen LogP) is 4.69. The van der Waals surface area contributed by atoms with Crippen LogP contribution in [0.4, 0.5) is 5.69 Å². The molecular formula is C31H33N5O2S. The molecule has 2 aliphatic heterocycles. The third-order valence-electron chi connectivity index (χ3n) is 7.77. The van der Waals surface area contributed by atoms with Gasteiger partial charge in [0.15, 0.2) is 0 Å². The van der Waals surface area contributed by atoms with E-state index in [0.717, 1.165) is 65.1 Å². The van der Waals surface area contributed by atoms with Crippen molar-refractivity contribution in [1.82, 2.24) is 19.2 Å². The second-order valence-electron chi connectivity index (χ2n) is 10.4. The maximum atomic E-state index is 13.5. The van der Waals surface area contributed by atoms with Crippen LogP contribution in [0, 0.1) is 12.8 Å². The molecule has 2 atom stereocenters. The normalized spacial score (nSPS) is 19.3. The number of pyridine rings is 2. The summed E-state index contributed by atoms with van der Waals surface area (Å²) < 4.78 is 15.4. The Morgan fingerprint density at radius 1 is 0.923 bits per heavy atom. The Morgan fingerprint density at radius 2 is 1.72 bits per heavy atom. The van der Waals surface area contributed by atoms with E-state index in [4.69, 9.17) is 0 Å². The van der Waals surface area contributed by atoms with Gasteiger partial charge in [-0.25, -0.2) is 8.51 Å². The molecule has 0 spiro atoms. The topological polar surface area (TPSA) is 69.6 Å². The zero-order valence-electron chi connectivity index (χ0n) is 22.2. The molecule has 39 heavy (non-hydrogen) atoms. The summed E-state index contributed by atoms with van der Waals surface area (Å²) in [7, 11) is -1.29. The Hall–Kier alpha value is -3.62. The number of aryl methyl sites for hydroxylation is 1. The van der Waals surface area contributed by atoms with Gasteiger partial charge in [0.05, 0.1) is 16.3 Å². The molecule has 1 amide bonds. The number of hydrogen-bond acceptors (Lipinski definition) is 5. The van der Waals surface area contributed by atoms with E-state index in [2.05, 4.69) is 39.1 Å². The average molecular weight is 540 g/mol. The molecule has 200 valence electrons. The van der Waals surface area contributed by atoms with Crippen molar-refractivity contribution in [3.05, 3.63) is 84.8 Å². The highest BCUT2D eigenvalue weighted by Gasteiger charge is 2.33. The second kappa shape index (κ2) is 11.2. The second-order valence-corrected chi connectivity index (χ2v) is 11.8. The number of carbonyl (C=O) groups is 1. The highest BCUT2D eigenvalue weighted by molar-refractivity contribution is 7.82. The average Bonchev–Trinajstić information content (AvgIpc) is 3.00. The summed E-state index contributed by atoms with van der Waals surface area (Å²) in [5.74, 6) is 0.0759. The molecule has 2 aromatic carbocycles. The van der Waals surface area contributed by atoms with E-state index in [1.165, 1.54) is 5.69 Å². The Bertz CT molecular complexity index is 1490. The minimum Gasteiger partial charge on any atom is -0.367 e. The number of carbonyl (C=O) groups excluding carboxylic acids is 1. The molecule has 2 unspecified atom stereocenters. The largest absolute Gasteiger partial charge is 0.367 e. The number of aromatic nitrogens is 2. The van der Waals surface area contributed by atoms with Gasteiger partial charge in [0.25, 0.3) is 0 Å². The minimum absolute atomic E-state index is 0.118. The van der Waals surface area contributed by atoms with Gasteiger partial charge >= 0.3 is 0 Å². The number of anilines is 1. The first-order valence-corrected chi connectivity index (χ1v) is 14.7. The lowest BCUT2D eigenvalue weighted by Crippen LogP contribution is -2.52. The van der Waals surface area contributed by atoms with Gasteiger partial charge in [-0.15, -0.1) is 0 Å². The van der Waals surface area contributed by atoms with Crippen LogP contribution in [0.2, 0.25) is 0 Å². The zero-order valence-corrected chi connectivity index (χ0v) is 23.0. The molecule has 0 N–H and O–H groups in total. The van der Waals surface area contributed by atoms with Gasteiger partial charge in [0.2, 0.25) is 5.91 Å². The third-order valence-corrected chi connectivity index (χ3v) is 9.25. The van der Waals surface area contributed by atoms with E-state index >= 15 is 0 Å². The van der Waals surface area contributed by atoms with E-state index in [0.29, 0.717) is 19.6 Å². The van der Waals surface area contributed by atoms with Gasteiger partial charge < -0.3 is 9.80 Å². The number of rotatable bonds is 5. The number of nitrogens with zero attached hydrogens (tertiary/aromatic N) is 5. The van der Waals surface area contributed by atoms with Crippen LogP contribution >= 0.6 is 0 Å². The summed E-state index contributed by atoms with van der Waals surface area (Å²) in [6.45, 7) is 6.29. The number of para-hydroxylation sites is 1. The number of benzene rings is 2. The van der Waals surface area contributed by atoms with Crippen LogP contribution in [0.5, 0.6) is 0 Å². The Morgan fingerprint density at radius 3 is 2.49 bits per heavy atom. The molecule has 2 aromatic heterocycles. The highest BCUT2D eigenvalue weighted by atomic mass is 32.2. The smallest absolute Gasteiger partial charge is 0.227 e. The Kier molecular flexibility index (Phi) is 7.39. The first-order valence-electron chi connectivity index (χ1n) is 13.6. The van der Waals surface area contributed by atoms with Gasteiger partial charge in [-0.2, -0.15) is 0 Å². The fraction of sp³-hybridized carbons (Fsp3) is 0.323. The fourth-order valence-corrected chi connectivity index (χ4v) is 6.99. The zero-order chi connectivity index (χ0) is 26.8. The molecule has 2 aliphatic rings. The maximum absolute atomic E-state index is 13.5. The summed E-state index contributed by atoms with van der Waals surface area (Å²) in [6, 6.07) is 22.2. The van der Waals surface area contributed by atoms with Crippen LogP contribution < -0.4 is 4.90 Å². The molecule has 2 saturated heterocycles. The van der Waals surface area contributed by atoms with Gasteiger partial charge in [-0.05, 0) is 61.2 Å². The van der Waals surface area contributed by atoms with Crippen molar-refractivity contribution in [2.75, 3.05) is 44.2 Å². The third kappa shape index (κ3) is 5.44. The predicted molar refractivity (Wildman–Crippen MR) is 156 cm³/mol. The quantitative estimate of drug-likeness (QED) is 0.368. The Balaban J connectivity index is 1.08. The standard InChI is InChI=1S/C31H33N5O2S/c1-23-20-30(28-8-2-3-9-29(28)33-23)34-16-18-35(19-17-34)31(37)26-7-5-15-36(22-26)39(38)27-12-10-24(11-13-27)25-6-4-14-32-21-25/h2-4,6,8-14,20-21,26H,5,7,15-19,22H2,1H3. The van der Waals surface area contributed by atoms with Crippen molar-refractivity contribution in [3.63, 3.8) is 0 Å². The molecule has 0 radical (unpaired) electrons. The van der Waals surface area contributed by atoms with E-state index in [1.54, 1.807) is 6.20 Å². The van der Waals surface area contributed by atoms with Gasteiger partial charge in [0.1, 0.15) is 11.0 Å². The SMILES string of the molecule is Cc1cc(N2CCN(C(=O)C3CCCN(S(=O)c4ccc(-c5cccnc5)cc4)C3)CC2)c2ccccc2n1. The molecule has 8 heteroatoms. The van der Waals surface area contributed by atoms with Crippen molar-refractivity contribution >= 4 is 33.5 Å². The van der Waals surface area contributed by atoms with Gasteiger partial charge in [-0.1, -0.05) is 36.4 Å². The molecule has 4 aromatic rings. The summed E-state index contributed by atoms with van der Waals surface area (Å²) in [4.78, 5) is 27.5. The lowest BCUT2D eigenvalue weighted by molar-refractivity contribution is -0.137. The van der Waals surface area contributed by atoms with E-state index in [1.807, 2.05) is 64.8 Å². The first kappa shape index (κ1) is 25.6. The lowest BCUT2D eigenvalue weighted by Gasteiger charge is -2.39. The Labute approximate surface area is 232 Å². The molecule has 0 bridgehead atoms. The van der Waals surface area contributed by atoms with Crippen LogP contribution in [-0.2, 0) is 15.8 Å². The van der Waals surface area contributed by atoms with Crippen molar-refractivity contribution < 1.29 is 9.00 Å². The van der Waals surface area contributed by atoms with Crippen molar-refractivity contribution in [2.24, 2.45) is 5.92 Å². The number of piperidine rings is 1. The monoisotopic (exact) mass is 539 g/mol. The van der Waals surface area contributed by atoms with Crippen LogP contribution in [0.1, 0.15) is 18.5 Å². The number of hydrogen-bond donors (Lipinski definition) is 0.